The van der Waals surface area contributed by atoms with E-state index in [0.29, 0.717) is 19.6 Å². The van der Waals surface area contributed by atoms with Crippen molar-refractivity contribution in [2.24, 2.45) is 0 Å². The van der Waals surface area contributed by atoms with E-state index in [4.69, 9.17) is 4.74 Å². The minimum absolute atomic E-state index is 0.595. The van der Waals surface area contributed by atoms with Crippen molar-refractivity contribution < 1.29 is 9.53 Å². The number of amides is 1. The maximum absolute atomic E-state index is 10.3. The van der Waals surface area contributed by atoms with E-state index >= 15 is 0 Å². The van der Waals surface area contributed by atoms with Crippen molar-refractivity contribution in [1.29, 1.82) is 0 Å². The highest BCUT2D eigenvalue weighted by Crippen LogP contribution is 2.29. The molecule has 0 atom stereocenters. The summed E-state index contributed by atoms with van der Waals surface area (Å²) in [5.41, 5.74) is 3.52. The van der Waals surface area contributed by atoms with E-state index in [2.05, 4.69) is 5.43 Å². The van der Waals surface area contributed by atoms with Crippen LogP contribution in [0.1, 0.15) is 0 Å². The predicted octanol–water partition coefficient (Wildman–Crippen LogP) is 0.546. The van der Waals surface area contributed by atoms with Gasteiger partial charge in [-0.3, -0.25) is 15.2 Å². The van der Waals surface area contributed by atoms with Crippen molar-refractivity contribution in [3.63, 3.8) is 0 Å². The number of hydrazine groups is 1. The van der Waals surface area contributed by atoms with Gasteiger partial charge in [-0.15, -0.1) is 0 Å². The molecule has 4 nitrogen and oxygen atoms in total. The quantitative estimate of drug-likeness (QED) is 0.672. The predicted molar refractivity (Wildman–Crippen MR) is 48.5 cm³/mol. The number of rotatable bonds is 2. The molecule has 0 spiro atoms. The van der Waals surface area contributed by atoms with E-state index in [-0.39, 0.29) is 0 Å². The number of nitrogens with one attached hydrogen (secondary N) is 1. The van der Waals surface area contributed by atoms with Gasteiger partial charge in [0, 0.05) is 0 Å². The smallest absolute Gasteiger partial charge is 0.225 e. The Balaban J connectivity index is 2.31. The minimum atomic E-state index is 0.595. The van der Waals surface area contributed by atoms with Crippen LogP contribution in [0.25, 0.3) is 0 Å². The van der Waals surface area contributed by atoms with Crippen molar-refractivity contribution in [2.75, 3.05) is 18.2 Å². The van der Waals surface area contributed by atoms with Crippen molar-refractivity contribution in [3.8, 4) is 5.75 Å². The van der Waals surface area contributed by atoms with Crippen LogP contribution in [0.5, 0.6) is 5.75 Å². The molecule has 1 aliphatic rings. The van der Waals surface area contributed by atoms with Crippen LogP contribution in [0.4, 0.5) is 5.69 Å². The molecule has 0 aromatic heterocycles. The Bertz CT molecular complexity index is 314. The van der Waals surface area contributed by atoms with Crippen LogP contribution < -0.4 is 15.2 Å². The van der Waals surface area contributed by atoms with E-state index in [0.717, 1.165) is 11.4 Å². The van der Waals surface area contributed by atoms with E-state index in [9.17, 15) is 4.79 Å². The summed E-state index contributed by atoms with van der Waals surface area (Å²) in [7, 11) is 0. The van der Waals surface area contributed by atoms with Gasteiger partial charge in [-0.1, -0.05) is 12.1 Å². The SMILES string of the molecule is O=CNN1CCOc2ccccc21. The first-order valence-electron chi connectivity index (χ1n) is 4.11. The minimum Gasteiger partial charge on any atom is -0.489 e. The molecule has 0 bridgehead atoms. The average Bonchev–Trinajstić information content (AvgIpc) is 2.19. The molecular weight excluding hydrogens is 168 g/mol. The van der Waals surface area contributed by atoms with Crippen molar-refractivity contribution >= 4 is 12.1 Å². The number of carbonyl (C=O) groups excluding carboxylic acids is 1. The number of hydrogen-bond acceptors (Lipinski definition) is 3. The molecule has 0 fully saturated rings. The lowest BCUT2D eigenvalue weighted by Crippen LogP contribution is -2.42. The molecule has 2 rings (SSSR count). The molecule has 1 N–H and O–H groups in total. The molecule has 4 heteroatoms. The summed E-state index contributed by atoms with van der Waals surface area (Å²) in [6.07, 6.45) is 0.669. The normalized spacial score (nSPS) is 14.3. The summed E-state index contributed by atoms with van der Waals surface area (Å²) >= 11 is 0. The summed E-state index contributed by atoms with van der Waals surface area (Å²) in [5, 5.41) is 1.77. The van der Waals surface area contributed by atoms with Crippen LogP contribution in [0.3, 0.4) is 0 Å². The van der Waals surface area contributed by atoms with Gasteiger partial charge in [0.25, 0.3) is 0 Å². The number of benzene rings is 1. The Morgan fingerprint density at radius 1 is 1.46 bits per heavy atom. The Morgan fingerprint density at radius 2 is 2.31 bits per heavy atom. The number of carbonyl (C=O) groups is 1. The Kier molecular flexibility index (Phi) is 2.04. The fourth-order valence-corrected chi connectivity index (χ4v) is 1.37. The van der Waals surface area contributed by atoms with Crippen LogP contribution in [-0.4, -0.2) is 19.6 Å². The highest BCUT2D eigenvalue weighted by atomic mass is 16.5. The first kappa shape index (κ1) is 7.91. The first-order valence-corrected chi connectivity index (χ1v) is 4.11. The zero-order chi connectivity index (χ0) is 9.10. The maximum atomic E-state index is 10.3. The van der Waals surface area contributed by atoms with Gasteiger partial charge in [-0.25, -0.2) is 0 Å². The molecule has 1 heterocycles. The monoisotopic (exact) mass is 178 g/mol. The number of ether oxygens (including phenoxy) is 1. The molecule has 1 aliphatic heterocycles. The average molecular weight is 178 g/mol. The van der Waals surface area contributed by atoms with Crippen LogP contribution in [0.2, 0.25) is 0 Å². The third kappa shape index (κ3) is 1.42. The summed E-state index contributed by atoms with van der Waals surface area (Å²) in [4.78, 5) is 10.3. The molecule has 68 valence electrons. The maximum Gasteiger partial charge on any atom is 0.225 e. The second kappa shape index (κ2) is 3.35. The van der Waals surface area contributed by atoms with Crippen molar-refractivity contribution in [2.45, 2.75) is 0 Å². The van der Waals surface area contributed by atoms with Crippen LogP contribution in [0.15, 0.2) is 24.3 Å². The summed E-state index contributed by atoms with van der Waals surface area (Å²) in [6, 6.07) is 7.61. The fraction of sp³-hybridized carbons (Fsp3) is 0.222. The van der Waals surface area contributed by atoms with E-state index in [1.54, 1.807) is 5.01 Å². The van der Waals surface area contributed by atoms with Gasteiger partial charge in [-0.2, -0.15) is 0 Å². The van der Waals surface area contributed by atoms with Gasteiger partial charge in [0.2, 0.25) is 6.41 Å². The molecule has 13 heavy (non-hydrogen) atoms. The first-order chi connectivity index (χ1) is 6.42. The number of hydrogen-bond donors (Lipinski definition) is 1. The van der Waals surface area contributed by atoms with Gasteiger partial charge < -0.3 is 4.74 Å². The lowest BCUT2D eigenvalue weighted by molar-refractivity contribution is -0.109. The largest absolute Gasteiger partial charge is 0.489 e. The topological polar surface area (TPSA) is 41.6 Å². The van der Waals surface area contributed by atoms with Gasteiger partial charge in [0.05, 0.1) is 12.2 Å². The molecular formula is C9H10N2O2. The lowest BCUT2D eigenvalue weighted by Gasteiger charge is -2.29. The van der Waals surface area contributed by atoms with Gasteiger partial charge in [0.15, 0.2) is 0 Å². The van der Waals surface area contributed by atoms with Crippen LogP contribution >= 0.6 is 0 Å². The van der Waals surface area contributed by atoms with Crippen molar-refractivity contribution in [1.82, 2.24) is 5.43 Å². The van der Waals surface area contributed by atoms with E-state index < -0.39 is 0 Å². The third-order valence-corrected chi connectivity index (χ3v) is 1.94. The second-order valence-corrected chi connectivity index (χ2v) is 2.71. The number of fused-ring (bicyclic) bond motifs is 1. The van der Waals surface area contributed by atoms with Gasteiger partial charge in [-0.05, 0) is 12.1 Å². The molecule has 0 radical (unpaired) electrons. The van der Waals surface area contributed by atoms with E-state index in [1.807, 2.05) is 24.3 Å². The number of anilines is 1. The van der Waals surface area contributed by atoms with Crippen LogP contribution in [0, 0.1) is 0 Å². The Hall–Kier alpha value is -1.71. The molecule has 0 aliphatic carbocycles. The molecule has 0 saturated heterocycles. The molecule has 0 saturated carbocycles. The number of nitrogens with zero attached hydrogens (tertiary/aromatic N) is 1. The highest BCUT2D eigenvalue weighted by Gasteiger charge is 2.15. The lowest BCUT2D eigenvalue weighted by atomic mass is 10.2. The summed E-state index contributed by atoms with van der Waals surface area (Å²) in [6.45, 7) is 1.27. The van der Waals surface area contributed by atoms with Gasteiger partial charge in [0.1, 0.15) is 12.4 Å². The third-order valence-electron chi connectivity index (χ3n) is 1.94. The zero-order valence-electron chi connectivity index (χ0n) is 7.06. The Labute approximate surface area is 76.1 Å². The fourth-order valence-electron chi connectivity index (χ4n) is 1.37. The summed E-state index contributed by atoms with van der Waals surface area (Å²) in [5.74, 6) is 0.808. The van der Waals surface area contributed by atoms with Crippen molar-refractivity contribution in [3.05, 3.63) is 24.3 Å². The molecule has 0 unspecified atom stereocenters. The van der Waals surface area contributed by atoms with Crippen LogP contribution in [-0.2, 0) is 4.79 Å². The molecule has 1 amide bonds. The summed E-state index contributed by atoms with van der Waals surface area (Å²) < 4.78 is 5.40. The Morgan fingerprint density at radius 3 is 3.15 bits per heavy atom. The standard InChI is InChI=1S/C9H10N2O2/c12-7-10-11-5-6-13-9-4-2-1-3-8(9)11/h1-4,7H,5-6H2,(H,10,12). The highest BCUT2D eigenvalue weighted by molar-refractivity contribution is 5.62. The second-order valence-electron chi connectivity index (χ2n) is 2.71. The number of para-hydroxylation sites is 2. The van der Waals surface area contributed by atoms with Gasteiger partial charge >= 0.3 is 0 Å². The van der Waals surface area contributed by atoms with E-state index in [1.165, 1.54) is 0 Å². The molecule has 1 aromatic carbocycles. The zero-order valence-corrected chi connectivity index (χ0v) is 7.06. The molecule has 1 aromatic rings.